The van der Waals surface area contributed by atoms with Crippen LogP contribution in [0.5, 0.6) is 0 Å². The Bertz CT molecular complexity index is 729. The molecule has 0 radical (unpaired) electrons. The molecule has 2 heteroatoms. The molecule has 0 nitrogen and oxygen atoms in total. The zero-order chi connectivity index (χ0) is 42.2. The van der Waals surface area contributed by atoms with Gasteiger partial charge in [-0.1, -0.05) is 264 Å². The number of hydrogen-bond acceptors (Lipinski definition) is 0. The van der Waals surface area contributed by atoms with Gasteiger partial charge >= 0.3 is 118 Å². The summed E-state index contributed by atoms with van der Waals surface area (Å²) < 4.78 is 0. The van der Waals surface area contributed by atoms with Crippen molar-refractivity contribution in [3.8, 4) is 0 Å². The van der Waals surface area contributed by atoms with Gasteiger partial charge in [0.05, 0.1) is 0 Å². The summed E-state index contributed by atoms with van der Waals surface area (Å²) in [6, 6.07) is 0. The third-order valence-corrected chi connectivity index (χ3v) is 16.4. The van der Waals surface area contributed by atoms with E-state index in [1.165, 1.54) is 334 Å². The summed E-state index contributed by atoms with van der Waals surface area (Å²) in [5, 5.41) is -1.43. The second kappa shape index (κ2) is 47.4. The molecular formula is C56H116BrP. The maximum absolute atomic E-state index is 4.00. The van der Waals surface area contributed by atoms with Gasteiger partial charge < -0.3 is 0 Å². The monoisotopic (exact) mass is 899 g/mol. The van der Waals surface area contributed by atoms with Crippen LogP contribution in [0.4, 0.5) is 0 Å². The summed E-state index contributed by atoms with van der Waals surface area (Å²) in [5.74, 6) is 0. The van der Waals surface area contributed by atoms with Crippen molar-refractivity contribution in [1.29, 1.82) is 0 Å². The summed E-state index contributed by atoms with van der Waals surface area (Å²) in [6.45, 7) is 9.64. The average molecular weight is 900 g/mol. The van der Waals surface area contributed by atoms with Gasteiger partial charge in [0.1, 0.15) is 0 Å². The van der Waals surface area contributed by atoms with Crippen LogP contribution in [0.1, 0.15) is 334 Å². The summed E-state index contributed by atoms with van der Waals surface area (Å²) in [5.41, 5.74) is 0. The molecule has 0 rings (SSSR count). The van der Waals surface area contributed by atoms with Gasteiger partial charge in [0, 0.05) is 0 Å². The molecule has 0 bridgehead atoms. The molecule has 0 unspecified atom stereocenters. The van der Waals surface area contributed by atoms with E-state index in [2.05, 4.69) is 42.4 Å². The first-order valence-corrected chi connectivity index (χ1v) is 33.8. The second-order valence-corrected chi connectivity index (χ2v) is 35.5. The van der Waals surface area contributed by atoms with Crippen LogP contribution in [0, 0.1) is 0 Å². The number of rotatable bonds is 52. The quantitative estimate of drug-likeness (QED) is 0.0422. The Morgan fingerprint density at radius 1 is 0.190 bits per heavy atom. The molecule has 0 aromatic heterocycles. The molecular weight excluding hydrogens is 783 g/mol. The fourth-order valence-corrected chi connectivity index (χ4v) is 11.4. The van der Waals surface area contributed by atoms with Gasteiger partial charge in [-0.3, -0.25) is 0 Å². The third-order valence-electron chi connectivity index (χ3n) is 13.5. The molecule has 352 valence electrons. The van der Waals surface area contributed by atoms with E-state index in [9.17, 15) is 0 Å². The van der Waals surface area contributed by atoms with E-state index in [4.69, 9.17) is 0 Å². The van der Waals surface area contributed by atoms with E-state index in [-0.39, 0.29) is 0 Å². The molecule has 0 saturated heterocycles. The normalized spacial score (nSPS) is 12.7. The molecule has 0 saturated carbocycles. The standard InChI is InChI=1S/C56H116BrP/c1-5-6-7-8-9-10-11-12-13-14-15-16-17-18-19-20-21-22-23-24-25-26-27-28-29-30-31-32-33-34-35-36-37-38-39-40-41-42-43-44-45-46-47-48-49-50-51-52-53-54-55-56-58(2,3,4)57/h5-56H2,1-4H3. The Morgan fingerprint density at radius 2 is 0.293 bits per heavy atom. The van der Waals surface area contributed by atoms with Crippen molar-refractivity contribution >= 4 is 20.8 Å². The van der Waals surface area contributed by atoms with Gasteiger partial charge in [0.15, 0.2) is 0 Å². The Kier molecular flexibility index (Phi) is 48.1. The molecule has 0 aliphatic carbocycles. The van der Waals surface area contributed by atoms with Gasteiger partial charge in [-0.05, 0) is 0 Å². The number of hydrogen-bond donors (Lipinski definition) is 0. The molecule has 0 spiro atoms. The van der Waals surface area contributed by atoms with E-state index in [0.29, 0.717) is 0 Å². The van der Waals surface area contributed by atoms with Crippen LogP contribution < -0.4 is 0 Å². The van der Waals surface area contributed by atoms with E-state index in [0.717, 1.165) is 0 Å². The fourth-order valence-electron chi connectivity index (χ4n) is 9.38. The predicted molar refractivity (Wildman–Crippen MR) is 280 cm³/mol. The first-order chi connectivity index (χ1) is 28.3. The van der Waals surface area contributed by atoms with Crippen molar-refractivity contribution in [2.45, 2.75) is 334 Å². The van der Waals surface area contributed by atoms with Gasteiger partial charge in [-0.2, -0.15) is 0 Å². The van der Waals surface area contributed by atoms with Crippen molar-refractivity contribution in [3.63, 3.8) is 0 Å². The molecule has 0 N–H and O–H groups in total. The van der Waals surface area contributed by atoms with Crippen LogP contribution in [0.25, 0.3) is 0 Å². The molecule has 58 heavy (non-hydrogen) atoms. The fraction of sp³-hybridized carbons (Fsp3) is 1.00. The Hall–Kier alpha value is 0.910. The molecule has 0 atom stereocenters. The summed E-state index contributed by atoms with van der Waals surface area (Å²) >= 11 is 4.00. The minimum atomic E-state index is -1.43. The van der Waals surface area contributed by atoms with Crippen LogP contribution in [0.15, 0.2) is 0 Å². The second-order valence-electron chi connectivity index (χ2n) is 21.3. The van der Waals surface area contributed by atoms with Gasteiger partial charge in [-0.25, -0.2) is 0 Å². The zero-order valence-electron chi connectivity index (χ0n) is 41.6. The Morgan fingerprint density at radius 3 is 0.397 bits per heavy atom. The van der Waals surface area contributed by atoms with Crippen LogP contribution in [0.2, 0.25) is 0 Å². The molecule has 0 fully saturated rings. The molecule has 0 amide bonds. The molecule has 0 aromatic rings. The van der Waals surface area contributed by atoms with Crippen LogP contribution in [-0.2, 0) is 0 Å². The van der Waals surface area contributed by atoms with E-state index in [1.807, 2.05) is 0 Å². The van der Waals surface area contributed by atoms with E-state index >= 15 is 0 Å². The van der Waals surface area contributed by atoms with Crippen molar-refractivity contribution in [2.24, 2.45) is 0 Å². The third kappa shape index (κ3) is 56.9. The number of unbranched alkanes of at least 4 members (excludes halogenated alkanes) is 50. The van der Waals surface area contributed by atoms with Gasteiger partial charge in [0.2, 0.25) is 0 Å². The predicted octanol–water partition coefficient (Wildman–Crippen LogP) is 22.7. The first kappa shape index (κ1) is 58.9. The summed E-state index contributed by atoms with van der Waals surface area (Å²) in [7, 11) is 0. The molecule has 0 aliphatic rings. The first-order valence-electron chi connectivity index (χ1n) is 28.0. The van der Waals surface area contributed by atoms with Crippen molar-refractivity contribution in [3.05, 3.63) is 0 Å². The Balaban J connectivity index is 3.08. The van der Waals surface area contributed by atoms with Crippen molar-refractivity contribution in [2.75, 3.05) is 26.2 Å². The Labute approximate surface area is 379 Å². The molecule has 0 heterocycles. The summed E-state index contributed by atoms with van der Waals surface area (Å²) in [6.07, 6.45) is 77.2. The van der Waals surface area contributed by atoms with E-state index in [1.54, 1.807) is 0 Å². The molecule has 0 aromatic carbocycles. The molecule has 0 aliphatic heterocycles. The topological polar surface area (TPSA) is 0 Å². The average Bonchev–Trinajstić information content (AvgIpc) is 3.19. The van der Waals surface area contributed by atoms with Gasteiger partial charge in [-0.15, -0.1) is 0 Å². The SMILES string of the molecule is CCCCCCCCCCCCCCCCCCCCCCCCCCCCCCCCCCCCCCCCCCCCCCCCCCCCCP(C)(C)(C)Br. The zero-order valence-corrected chi connectivity index (χ0v) is 44.1. The van der Waals surface area contributed by atoms with Crippen molar-refractivity contribution < 1.29 is 0 Å². The summed E-state index contributed by atoms with van der Waals surface area (Å²) in [4.78, 5) is 0. The number of halogens is 1. The van der Waals surface area contributed by atoms with E-state index < -0.39 is 5.31 Å². The van der Waals surface area contributed by atoms with Crippen LogP contribution in [0.3, 0.4) is 0 Å². The van der Waals surface area contributed by atoms with Crippen LogP contribution >= 0.6 is 20.8 Å². The van der Waals surface area contributed by atoms with Crippen molar-refractivity contribution in [1.82, 2.24) is 0 Å². The van der Waals surface area contributed by atoms with Gasteiger partial charge in [0.25, 0.3) is 0 Å². The van der Waals surface area contributed by atoms with Crippen LogP contribution in [-0.4, -0.2) is 26.2 Å². The minimum absolute atomic E-state index is 1.37. The maximum atomic E-state index is 4.00.